The molecule has 0 radical (unpaired) electrons. The van der Waals surface area contributed by atoms with Gasteiger partial charge >= 0.3 is 6.03 Å². The number of barbiturate groups is 1. The highest BCUT2D eigenvalue weighted by atomic mass is 16.2. The first kappa shape index (κ1) is 15.0. The van der Waals surface area contributed by atoms with Crippen LogP contribution in [0.4, 0.5) is 4.79 Å². The maximum absolute atomic E-state index is 12.5. The summed E-state index contributed by atoms with van der Waals surface area (Å²) < 4.78 is 0. The molecule has 1 N–H and O–H groups in total. The Morgan fingerprint density at radius 2 is 1.90 bits per heavy atom. The average Bonchev–Trinajstić information content (AvgIpc) is 2.32. The van der Waals surface area contributed by atoms with Crippen LogP contribution in [0.15, 0.2) is 0 Å². The second-order valence-corrected chi connectivity index (χ2v) is 6.07. The summed E-state index contributed by atoms with van der Waals surface area (Å²) in [5, 5.41) is 2.36. The van der Waals surface area contributed by atoms with Crippen LogP contribution in [-0.2, 0) is 9.59 Å². The summed E-state index contributed by atoms with van der Waals surface area (Å²) in [4.78, 5) is 37.7. The zero-order valence-electron chi connectivity index (χ0n) is 12.4. The zero-order valence-corrected chi connectivity index (χ0v) is 12.4. The Morgan fingerprint density at radius 1 is 1.20 bits per heavy atom. The molecule has 1 atom stereocenters. The molecule has 1 heterocycles. The maximum Gasteiger partial charge on any atom is 0.331 e. The van der Waals surface area contributed by atoms with Crippen molar-refractivity contribution in [2.45, 2.75) is 71.3 Å². The van der Waals surface area contributed by atoms with Gasteiger partial charge < -0.3 is 0 Å². The van der Waals surface area contributed by atoms with Crippen molar-refractivity contribution >= 4 is 17.8 Å². The van der Waals surface area contributed by atoms with E-state index in [4.69, 9.17) is 0 Å². The molecular weight excluding hydrogens is 256 g/mol. The fourth-order valence-electron chi connectivity index (χ4n) is 3.06. The molecule has 0 bridgehead atoms. The lowest BCUT2D eigenvalue weighted by molar-refractivity contribution is -0.159. The molecule has 1 spiro atoms. The quantitative estimate of drug-likeness (QED) is 0.600. The van der Waals surface area contributed by atoms with Gasteiger partial charge in [-0.25, -0.2) is 4.79 Å². The Bertz CT molecular complexity index is 415. The van der Waals surface area contributed by atoms with Gasteiger partial charge in [-0.05, 0) is 26.2 Å². The van der Waals surface area contributed by atoms with Gasteiger partial charge in [0, 0.05) is 6.04 Å². The van der Waals surface area contributed by atoms with E-state index in [-0.39, 0.29) is 11.9 Å². The molecule has 5 heteroatoms. The first-order valence-corrected chi connectivity index (χ1v) is 7.72. The largest absolute Gasteiger partial charge is 0.331 e. The predicted octanol–water partition coefficient (Wildman–Crippen LogP) is 2.59. The van der Waals surface area contributed by atoms with E-state index in [1.165, 1.54) is 11.3 Å². The van der Waals surface area contributed by atoms with Gasteiger partial charge in [-0.1, -0.05) is 39.0 Å². The fraction of sp³-hybridized carbons (Fsp3) is 0.800. The lowest BCUT2D eigenvalue weighted by atomic mass is 9.66. The minimum atomic E-state index is -0.939. The van der Waals surface area contributed by atoms with Crippen molar-refractivity contribution in [1.29, 1.82) is 0 Å². The van der Waals surface area contributed by atoms with Gasteiger partial charge in [-0.3, -0.25) is 19.8 Å². The third-order valence-electron chi connectivity index (χ3n) is 4.63. The molecule has 1 saturated heterocycles. The summed E-state index contributed by atoms with van der Waals surface area (Å²) in [6.07, 6.45) is 7.30. The van der Waals surface area contributed by atoms with Gasteiger partial charge in [0.2, 0.25) is 11.8 Å². The lowest BCUT2D eigenvalue weighted by Gasteiger charge is -2.46. The number of hydrogen-bond donors (Lipinski definition) is 1. The Hall–Kier alpha value is -1.39. The highest BCUT2D eigenvalue weighted by molar-refractivity contribution is 6.19. The topological polar surface area (TPSA) is 66.5 Å². The predicted molar refractivity (Wildman–Crippen MR) is 74.9 cm³/mol. The molecule has 2 rings (SSSR count). The highest BCUT2D eigenvalue weighted by Gasteiger charge is 2.57. The molecule has 5 nitrogen and oxygen atoms in total. The molecule has 1 unspecified atom stereocenters. The van der Waals surface area contributed by atoms with E-state index in [0.29, 0.717) is 12.8 Å². The van der Waals surface area contributed by atoms with Crippen molar-refractivity contribution in [3.05, 3.63) is 0 Å². The van der Waals surface area contributed by atoms with E-state index in [0.717, 1.165) is 32.1 Å². The van der Waals surface area contributed by atoms with Crippen LogP contribution in [0.3, 0.4) is 0 Å². The molecule has 1 saturated carbocycles. The van der Waals surface area contributed by atoms with Crippen LogP contribution in [0.2, 0.25) is 0 Å². The van der Waals surface area contributed by atoms with E-state index in [9.17, 15) is 14.4 Å². The molecule has 2 aliphatic rings. The molecule has 112 valence electrons. The lowest BCUT2D eigenvalue weighted by Crippen LogP contribution is -2.67. The summed E-state index contributed by atoms with van der Waals surface area (Å²) >= 11 is 0. The molecule has 0 aromatic rings. The molecule has 4 amide bonds. The molecule has 0 aromatic heterocycles. The van der Waals surface area contributed by atoms with E-state index in [1.54, 1.807) is 0 Å². The van der Waals surface area contributed by atoms with Gasteiger partial charge in [0.05, 0.1) is 0 Å². The van der Waals surface area contributed by atoms with E-state index in [1.807, 2.05) is 6.92 Å². The number of carbonyl (C=O) groups is 3. The Kier molecular flexibility index (Phi) is 4.45. The number of imide groups is 2. The first-order chi connectivity index (χ1) is 9.53. The second kappa shape index (κ2) is 5.94. The Labute approximate surface area is 120 Å². The monoisotopic (exact) mass is 280 g/mol. The van der Waals surface area contributed by atoms with Crippen molar-refractivity contribution in [2.24, 2.45) is 5.41 Å². The second-order valence-electron chi connectivity index (χ2n) is 6.07. The maximum atomic E-state index is 12.5. The fourth-order valence-corrected chi connectivity index (χ4v) is 3.06. The minimum absolute atomic E-state index is 0.134. The van der Waals surface area contributed by atoms with Crippen LogP contribution >= 0.6 is 0 Å². The number of amides is 4. The molecule has 20 heavy (non-hydrogen) atoms. The Morgan fingerprint density at radius 3 is 2.45 bits per heavy atom. The normalized spacial score (nSPS) is 22.7. The summed E-state index contributed by atoms with van der Waals surface area (Å²) in [6.45, 7) is 4.04. The van der Waals surface area contributed by atoms with Gasteiger partial charge in [0.25, 0.3) is 0 Å². The molecule has 0 aromatic carbocycles. The molecular formula is C15H24N2O3. The summed E-state index contributed by atoms with van der Waals surface area (Å²) in [6, 6.07) is -0.676. The van der Waals surface area contributed by atoms with Crippen molar-refractivity contribution in [2.75, 3.05) is 0 Å². The van der Waals surface area contributed by atoms with Crippen molar-refractivity contribution in [3.63, 3.8) is 0 Å². The van der Waals surface area contributed by atoms with Gasteiger partial charge in [-0.15, -0.1) is 0 Å². The van der Waals surface area contributed by atoms with Crippen LogP contribution in [0.5, 0.6) is 0 Å². The molecule has 2 fully saturated rings. The average molecular weight is 280 g/mol. The smallest absolute Gasteiger partial charge is 0.277 e. The Balaban J connectivity index is 2.00. The minimum Gasteiger partial charge on any atom is -0.277 e. The van der Waals surface area contributed by atoms with Crippen LogP contribution in [0.1, 0.15) is 65.2 Å². The number of nitrogens with one attached hydrogen (secondary N) is 1. The number of rotatable bonds is 6. The molecule has 1 aliphatic heterocycles. The number of unbranched alkanes of at least 4 members (excludes halogenated alkanes) is 3. The highest BCUT2D eigenvalue weighted by Crippen LogP contribution is 2.44. The molecule has 1 aliphatic carbocycles. The number of urea groups is 1. The van der Waals surface area contributed by atoms with Crippen LogP contribution in [0, 0.1) is 5.41 Å². The van der Waals surface area contributed by atoms with Gasteiger partial charge in [-0.2, -0.15) is 0 Å². The summed E-state index contributed by atoms with van der Waals surface area (Å²) in [7, 11) is 0. The standard InChI is InChI=1S/C15H24N2O3/c1-3-4-5-6-8-11(2)17-13(19)15(9-7-10-15)12(18)16-14(17)20/h11H,3-10H2,1-2H3,(H,16,18,20). The van der Waals surface area contributed by atoms with E-state index >= 15 is 0 Å². The third-order valence-corrected chi connectivity index (χ3v) is 4.63. The van der Waals surface area contributed by atoms with Crippen molar-refractivity contribution in [1.82, 2.24) is 10.2 Å². The van der Waals surface area contributed by atoms with Gasteiger partial charge in [0.1, 0.15) is 5.41 Å². The zero-order chi connectivity index (χ0) is 14.8. The SMILES string of the molecule is CCCCCCC(C)N1C(=O)NC(=O)C2(CCC2)C1=O. The first-order valence-electron chi connectivity index (χ1n) is 7.72. The summed E-state index contributed by atoms with van der Waals surface area (Å²) in [5.41, 5.74) is -0.939. The summed E-state index contributed by atoms with van der Waals surface area (Å²) in [5.74, 6) is -0.673. The van der Waals surface area contributed by atoms with E-state index < -0.39 is 17.4 Å². The van der Waals surface area contributed by atoms with Gasteiger partial charge in [0.15, 0.2) is 0 Å². The van der Waals surface area contributed by atoms with Crippen LogP contribution in [-0.4, -0.2) is 28.8 Å². The number of carbonyl (C=O) groups excluding carboxylic acids is 3. The van der Waals surface area contributed by atoms with E-state index in [2.05, 4.69) is 12.2 Å². The number of hydrogen-bond acceptors (Lipinski definition) is 3. The third kappa shape index (κ3) is 2.45. The van der Waals surface area contributed by atoms with Crippen LogP contribution < -0.4 is 5.32 Å². The van der Waals surface area contributed by atoms with Crippen molar-refractivity contribution in [3.8, 4) is 0 Å². The van der Waals surface area contributed by atoms with Crippen LogP contribution in [0.25, 0.3) is 0 Å². The van der Waals surface area contributed by atoms with Crippen molar-refractivity contribution < 1.29 is 14.4 Å². The number of nitrogens with zero attached hydrogens (tertiary/aromatic N) is 1.